The number of hydrogen-bond acceptors (Lipinski definition) is 1. The van der Waals surface area contributed by atoms with Crippen molar-refractivity contribution in [2.75, 3.05) is 19.6 Å². The van der Waals surface area contributed by atoms with Crippen molar-refractivity contribution < 1.29 is 0 Å². The first-order valence-electron chi connectivity index (χ1n) is 6.59. The van der Waals surface area contributed by atoms with Gasteiger partial charge in [-0.2, -0.15) is 0 Å². The van der Waals surface area contributed by atoms with Crippen LogP contribution in [0.3, 0.4) is 0 Å². The van der Waals surface area contributed by atoms with Gasteiger partial charge in [-0.15, -0.1) is 0 Å². The Kier molecular flexibility index (Phi) is 6.25. The molecule has 14 heavy (non-hydrogen) atoms. The average molecular weight is 197 g/mol. The zero-order valence-corrected chi connectivity index (χ0v) is 10.1. The van der Waals surface area contributed by atoms with E-state index in [1.165, 1.54) is 64.6 Å². The van der Waals surface area contributed by atoms with Gasteiger partial charge in [0.25, 0.3) is 0 Å². The van der Waals surface area contributed by atoms with Gasteiger partial charge < -0.3 is 4.90 Å². The van der Waals surface area contributed by atoms with Gasteiger partial charge in [-0.1, -0.05) is 39.5 Å². The number of nitrogens with zero attached hydrogens (tertiary/aromatic N) is 1. The molecule has 1 saturated heterocycles. The predicted octanol–water partition coefficient (Wildman–Crippen LogP) is 3.69. The standard InChI is InChI=1S/C13H27N/c1-3-5-6-7-13-8-11-14(10-4-2)12-9-13/h13H,3-12H2,1-2H3. The van der Waals surface area contributed by atoms with Gasteiger partial charge in [0.15, 0.2) is 0 Å². The van der Waals surface area contributed by atoms with Gasteiger partial charge in [0.1, 0.15) is 0 Å². The summed E-state index contributed by atoms with van der Waals surface area (Å²) in [7, 11) is 0. The summed E-state index contributed by atoms with van der Waals surface area (Å²) in [6.45, 7) is 8.63. The molecule has 1 nitrogen and oxygen atoms in total. The third-order valence-electron chi connectivity index (χ3n) is 3.46. The molecule has 1 fully saturated rings. The van der Waals surface area contributed by atoms with Crippen LogP contribution in [0.15, 0.2) is 0 Å². The van der Waals surface area contributed by atoms with E-state index in [0.717, 1.165) is 5.92 Å². The number of hydrogen-bond donors (Lipinski definition) is 0. The Morgan fingerprint density at radius 1 is 1.00 bits per heavy atom. The molecule has 0 radical (unpaired) electrons. The highest BCUT2D eigenvalue weighted by Crippen LogP contribution is 2.22. The van der Waals surface area contributed by atoms with Gasteiger partial charge in [0.2, 0.25) is 0 Å². The lowest BCUT2D eigenvalue weighted by atomic mass is 9.91. The Balaban J connectivity index is 2.03. The van der Waals surface area contributed by atoms with Gasteiger partial charge in [-0.3, -0.25) is 0 Å². The molecule has 0 bridgehead atoms. The summed E-state index contributed by atoms with van der Waals surface area (Å²) in [5, 5.41) is 0. The number of piperidine rings is 1. The fraction of sp³-hybridized carbons (Fsp3) is 1.00. The molecule has 0 atom stereocenters. The molecule has 0 aromatic heterocycles. The Morgan fingerprint density at radius 2 is 1.71 bits per heavy atom. The summed E-state index contributed by atoms with van der Waals surface area (Å²) in [5.41, 5.74) is 0. The molecule has 0 aromatic rings. The lowest BCUT2D eigenvalue weighted by Gasteiger charge is -2.31. The predicted molar refractivity (Wildman–Crippen MR) is 63.6 cm³/mol. The van der Waals surface area contributed by atoms with Crippen molar-refractivity contribution in [3.8, 4) is 0 Å². The molecule has 1 aliphatic heterocycles. The minimum atomic E-state index is 1.05. The van der Waals surface area contributed by atoms with E-state index in [-0.39, 0.29) is 0 Å². The van der Waals surface area contributed by atoms with E-state index < -0.39 is 0 Å². The van der Waals surface area contributed by atoms with E-state index in [1.807, 2.05) is 0 Å². The van der Waals surface area contributed by atoms with E-state index in [9.17, 15) is 0 Å². The van der Waals surface area contributed by atoms with Crippen LogP contribution in [0.1, 0.15) is 58.8 Å². The van der Waals surface area contributed by atoms with Crippen LogP contribution < -0.4 is 0 Å². The van der Waals surface area contributed by atoms with Gasteiger partial charge in [-0.25, -0.2) is 0 Å². The summed E-state index contributed by atoms with van der Waals surface area (Å²) in [5.74, 6) is 1.05. The molecule has 1 heteroatoms. The van der Waals surface area contributed by atoms with E-state index in [1.54, 1.807) is 0 Å². The Hall–Kier alpha value is -0.0400. The SMILES string of the molecule is CCCCCC1CCN(CCC)CC1. The summed E-state index contributed by atoms with van der Waals surface area (Å²) in [6.07, 6.45) is 10.0. The normalized spacial score (nSPS) is 20.1. The van der Waals surface area contributed by atoms with Crippen LogP contribution in [0.4, 0.5) is 0 Å². The molecule has 0 N–H and O–H groups in total. The number of unbranched alkanes of at least 4 members (excludes halogenated alkanes) is 2. The highest BCUT2D eigenvalue weighted by Gasteiger charge is 2.17. The fourth-order valence-electron chi connectivity index (χ4n) is 2.50. The smallest absolute Gasteiger partial charge is 0.00161 e. The largest absolute Gasteiger partial charge is 0.303 e. The lowest BCUT2D eigenvalue weighted by Crippen LogP contribution is -2.34. The first-order chi connectivity index (χ1) is 6.86. The highest BCUT2D eigenvalue weighted by atomic mass is 15.1. The summed E-state index contributed by atoms with van der Waals surface area (Å²) in [6, 6.07) is 0. The maximum absolute atomic E-state index is 2.64. The summed E-state index contributed by atoms with van der Waals surface area (Å²) < 4.78 is 0. The molecule has 0 saturated carbocycles. The van der Waals surface area contributed by atoms with Crippen LogP contribution in [-0.4, -0.2) is 24.5 Å². The topological polar surface area (TPSA) is 3.24 Å². The van der Waals surface area contributed by atoms with Crippen LogP contribution >= 0.6 is 0 Å². The van der Waals surface area contributed by atoms with Gasteiger partial charge in [-0.05, 0) is 44.8 Å². The van der Waals surface area contributed by atoms with Crippen molar-refractivity contribution >= 4 is 0 Å². The quantitative estimate of drug-likeness (QED) is 0.587. The molecule has 1 aliphatic rings. The maximum Gasteiger partial charge on any atom is -0.00161 e. The van der Waals surface area contributed by atoms with Crippen molar-refractivity contribution in [2.45, 2.75) is 58.8 Å². The second kappa shape index (κ2) is 7.28. The zero-order chi connectivity index (χ0) is 10.2. The summed E-state index contributed by atoms with van der Waals surface area (Å²) in [4.78, 5) is 2.64. The number of rotatable bonds is 6. The zero-order valence-electron chi connectivity index (χ0n) is 10.1. The molecule has 1 heterocycles. The molecule has 0 amide bonds. The third-order valence-corrected chi connectivity index (χ3v) is 3.46. The first kappa shape index (κ1) is 12.0. The van der Waals surface area contributed by atoms with Crippen LogP contribution in [-0.2, 0) is 0 Å². The van der Waals surface area contributed by atoms with Crippen LogP contribution in [0, 0.1) is 5.92 Å². The second-order valence-corrected chi connectivity index (χ2v) is 4.78. The van der Waals surface area contributed by atoms with Crippen molar-refractivity contribution in [2.24, 2.45) is 5.92 Å². The van der Waals surface area contributed by atoms with Gasteiger partial charge in [0.05, 0.1) is 0 Å². The Bertz CT molecular complexity index is 125. The third kappa shape index (κ3) is 4.45. The van der Waals surface area contributed by atoms with Gasteiger partial charge >= 0.3 is 0 Å². The molecular formula is C13H27N. The number of likely N-dealkylation sites (tertiary alicyclic amines) is 1. The molecule has 84 valence electrons. The monoisotopic (exact) mass is 197 g/mol. The maximum atomic E-state index is 2.64. The lowest BCUT2D eigenvalue weighted by molar-refractivity contribution is 0.177. The minimum Gasteiger partial charge on any atom is -0.303 e. The molecule has 1 rings (SSSR count). The molecule has 0 aromatic carbocycles. The van der Waals surface area contributed by atoms with E-state index in [0.29, 0.717) is 0 Å². The van der Waals surface area contributed by atoms with E-state index >= 15 is 0 Å². The molecule has 0 aliphatic carbocycles. The van der Waals surface area contributed by atoms with Crippen LogP contribution in [0.2, 0.25) is 0 Å². The highest BCUT2D eigenvalue weighted by molar-refractivity contribution is 4.71. The van der Waals surface area contributed by atoms with Crippen LogP contribution in [0.5, 0.6) is 0 Å². The van der Waals surface area contributed by atoms with Crippen molar-refractivity contribution in [3.05, 3.63) is 0 Å². The van der Waals surface area contributed by atoms with E-state index in [2.05, 4.69) is 18.7 Å². The van der Waals surface area contributed by atoms with Crippen LogP contribution in [0.25, 0.3) is 0 Å². The first-order valence-corrected chi connectivity index (χ1v) is 6.59. The Labute approximate surface area is 89.9 Å². The summed E-state index contributed by atoms with van der Waals surface area (Å²) >= 11 is 0. The Morgan fingerprint density at radius 3 is 2.29 bits per heavy atom. The van der Waals surface area contributed by atoms with Crippen molar-refractivity contribution in [1.29, 1.82) is 0 Å². The van der Waals surface area contributed by atoms with E-state index in [4.69, 9.17) is 0 Å². The molecule has 0 spiro atoms. The average Bonchev–Trinajstić information content (AvgIpc) is 2.21. The second-order valence-electron chi connectivity index (χ2n) is 4.78. The minimum absolute atomic E-state index is 1.05. The fourth-order valence-corrected chi connectivity index (χ4v) is 2.50. The molecule has 0 unspecified atom stereocenters. The van der Waals surface area contributed by atoms with Crippen molar-refractivity contribution in [1.82, 2.24) is 4.90 Å². The van der Waals surface area contributed by atoms with Crippen molar-refractivity contribution in [3.63, 3.8) is 0 Å². The van der Waals surface area contributed by atoms with Gasteiger partial charge in [0, 0.05) is 0 Å². The molecular weight excluding hydrogens is 170 g/mol.